The molecule has 19 heavy (non-hydrogen) atoms. The fraction of sp³-hybridized carbons (Fsp3) is 0.0909. The van der Waals surface area contributed by atoms with Gasteiger partial charge in [0, 0.05) is 11.4 Å². The van der Waals surface area contributed by atoms with Gasteiger partial charge in [-0.1, -0.05) is 0 Å². The minimum absolute atomic E-state index is 0.0597. The predicted octanol–water partition coefficient (Wildman–Crippen LogP) is 3.55. The molecule has 1 heterocycles. The van der Waals surface area contributed by atoms with Crippen LogP contribution in [0.2, 0.25) is 0 Å². The zero-order chi connectivity index (χ0) is 14.0. The lowest BCUT2D eigenvalue weighted by atomic mass is 10.3. The maximum absolute atomic E-state index is 13.5. The largest absolute Gasteiger partial charge is 0.481 e. The van der Waals surface area contributed by atoms with Crippen LogP contribution in [0.15, 0.2) is 22.0 Å². The van der Waals surface area contributed by atoms with E-state index in [1.807, 2.05) is 0 Å². The number of nitrogens with zero attached hydrogens (tertiary/aromatic N) is 1. The Hall–Kier alpha value is -1.54. The number of nitrogens with one attached hydrogen (secondary N) is 1. The van der Waals surface area contributed by atoms with Crippen molar-refractivity contribution in [2.45, 2.75) is 6.42 Å². The van der Waals surface area contributed by atoms with Gasteiger partial charge in [0.15, 0.2) is 5.13 Å². The van der Waals surface area contributed by atoms with Gasteiger partial charge in [0.25, 0.3) is 0 Å². The highest BCUT2D eigenvalue weighted by Gasteiger charge is 2.11. The molecule has 0 bridgehead atoms. The third kappa shape index (κ3) is 3.48. The Kier molecular flexibility index (Phi) is 4.11. The number of carboxylic acids is 1. The summed E-state index contributed by atoms with van der Waals surface area (Å²) in [5.41, 5.74) is 0.436. The smallest absolute Gasteiger partial charge is 0.309 e. The first-order valence-corrected chi connectivity index (χ1v) is 6.70. The molecule has 2 aromatic rings. The normalized spacial score (nSPS) is 10.5. The summed E-state index contributed by atoms with van der Waals surface area (Å²) in [4.78, 5) is 14.5. The van der Waals surface area contributed by atoms with E-state index < -0.39 is 17.6 Å². The number of carbonyl (C=O) groups is 1. The average molecular weight is 349 g/mol. The number of anilines is 2. The molecule has 0 aliphatic carbocycles. The third-order valence-corrected chi connectivity index (χ3v) is 3.55. The summed E-state index contributed by atoms with van der Waals surface area (Å²) in [5, 5.41) is 13.2. The SMILES string of the molecule is O=C(O)Cc1csc(Nc2cc(Br)c(F)cc2F)n1. The van der Waals surface area contributed by atoms with Crippen molar-refractivity contribution in [2.75, 3.05) is 5.32 Å². The monoisotopic (exact) mass is 348 g/mol. The zero-order valence-electron chi connectivity index (χ0n) is 9.28. The van der Waals surface area contributed by atoms with E-state index in [-0.39, 0.29) is 16.6 Å². The lowest BCUT2D eigenvalue weighted by Gasteiger charge is -2.05. The van der Waals surface area contributed by atoms with Crippen molar-refractivity contribution in [1.82, 2.24) is 4.98 Å². The molecule has 1 aromatic carbocycles. The third-order valence-electron chi connectivity index (χ3n) is 2.14. The number of benzene rings is 1. The second-order valence-electron chi connectivity index (χ2n) is 3.59. The Labute approximate surface area is 119 Å². The Morgan fingerprint density at radius 1 is 1.42 bits per heavy atom. The first-order valence-electron chi connectivity index (χ1n) is 5.03. The van der Waals surface area contributed by atoms with Crippen LogP contribution in [0.25, 0.3) is 0 Å². The lowest BCUT2D eigenvalue weighted by molar-refractivity contribution is -0.136. The van der Waals surface area contributed by atoms with E-state index >= 15 is 0 Å². The Bertz CT molecular complexity index is 633. The van der Waals surface area contributed by atoms with Gasteiger partial charge in [-0.2, -0.15) is 0 Å². The van der Waals surface area contributed by atoms with E-state index in [1.165, 1.54) is 6.07 Å². The fourth-order valence-corrected chi connectivity index (χ4v) is 2.40. The highest BCUT2D eigenvalue weighted by atomic mass is 79.9. The van der Waals surface area contributed by atoms with Gasteiger partial charge in [-0.15, -0.1) is 11.3 Å². The molecule has 0 spiro atoms. The van der Waals surface area contributed by atoms with Gasteiger partial charge in [-0.05, 0) is 22.0 Å². The van der Waals surface area contributed by atoms with Crippen molar-refractivity contribution < 1.29 is 18.7 Å². The molecule has 2 N–H and O–H groups in total. The number of hydrogen-bond donors (Lipinski definition) is 2. The molecular weight excluding hydrogens is 342 g/mol. The molecule has 0 unspecified atom stereocenters. The summed E-state index contributed by atoms with van der Waals surface area (Å²) in [6.07, 6.45) is -0.201. The molecule has 4 nitrogen and oxygen atoms in total. The van der Waals surface area contributed by atoms with Crippen LogP contribution in [-0.4, -0.2) is 16.1 Å². The first kappa shape index (κ1) is 13.9. The molecule has 0 fully saturated rings. The van der Waals surface area contributed by atoms with Gasteiger partial charge < -0.3 is 10.4 Å². The molecule has 0 radical (unpaired) electrons. The van der Waals surface area contributed by atoms with Crippen LogP contribution in [0.1, 0.15) is 5.69 Å². The van der Waals surface area contributed by atoms with Gasteiger partial charge >= 0.3 is 5.97 Å². The van der Waals surface area contributed by atoms with Crippen LogP contribution >= 0.6 is 27.3 Å². The second-order valence-corrected chi connectivity index (χ2v) is 5.30. The summed E-state index contributed by atoms with van der Waals surface area (Å²) in [6, 6.07) is 2.00. The van der Waals surface area contributed by atoms with Crippen molar-refractivity contribution in [3.63, 3.8) is 0 Å². The quantitative estimate of drug-likeness (QED) is 0.829. The molecule has 0 aliphatic heterocycles. The molecule has 8 heteroatoms. The number of carboxylic acid groups (broad SMARTS) is 1. The molecule has 2 rings (SSSR count). The van der Waals surface area contributed by atoms with Gasteiger partial charge in [-0.3, -0.25) is 4.79 Å². The summed E-state index contributed by atoms with van der Waals surface area (Å²) < 4.78 is 26.7. The van der Waals surface area contributed by atoms with Crippen molar-refractivity contribution in [3.05, 3.63) is 39.3 Å². The highest BCUT2D eigenvalue weighted by Crippen LogP contribution is 2.27. The maximum atomic E-state index is 13.5. The summed E-state index contributed by atoms with van der Waals surface area (Å²) in [6.45, 7) is 0. The van der Waals surface area contributed by atoms with Gasteiger partial charge in [0.2, 0.25) is 0 Å². The fourth-order valence-electron chi connectivity index (χ4n) is 1.33. The van der Waals surface area contributed by atoms with E-state index in [0.717, 1.165) is 17.4 Å². The van der Waals surface area contributed by atoms with Gasteiger partial charge in [-0.25, -0.2) is 13.8 Å². The average Bonchev–Trinajstić information content (AvgIpc) is 2.72. The molecular formula is C11H7BrF2N2O2S. The second kappa shape index (κ2) is 5.62. The Morgan fingerprint density at radius 3 is 2.84 bits per heavy atom. The summed E-state index contributed by atoms with van der Waals surface area (Å²) in [7, 11) is 0. The maximum Gasteiger partial charge on any atom is 0.309 e. The number of aliphatic carboxylic acids is 1. The van der Waals surface area contributed by atoms with Crippen molar-refractivity contribution >= 4 is 44.1 Å². The predicted molar refractivity (Wildman–Crippen MR) is 70.8 cm³/mol. The van der Waals surface area contributed by atoms with Gasteiger partial charge in [0.05, 0.1) is 22.3 Å². The first-order chi connectivity index (χ1) is 8.95. The molecule has 0 atom stereocenters. The van der Waals surface area contributed by atoms with Crippen LogP contribution < -0.4 is 5.32 Å². The van der Waals surface area contributed by atoms with Crippen molar-refractivity contribution in [2.24, 2.45) is 0 Å². The number of halogens is 3. The van der Waals surface area contributed by atoms with E-state index in [1.54, 1.807) is 5.38 Å². The van der Waals surface area contributed by atoms with Crippen molar-refractivity contribution in [3.8, 4) is 0 Å². The van der Waals surface area contributed by atoms with E-state index in [4.69, 9.17) is 5.11 Å². The molecule has 0 saturated carbocycles. The Morgan fingerprint density at radius 2 is 2.16 bits per heavy atom. The van der Waals surface area contributed by atoms with Crippen LogP contribution in [-0.2, 0) is 11.2 Å². The van der Waals surface area contributed by atoms with E-state index in [0.29, 0.717) is 10.8 Å². The molecule has 0 saturated heterocycles. The molecule has 0 amide bonds. The molecule has 0 aliphatic rings. The molecule has 100 valence electrons. The number of rotatable bonds is 4. The van der Waals surface area contributed by atoms with E-state index in [9.17, 15) is 13.6 Å². The number of thiazole rings is 1. The summed E-state index contributed by atoms with van der Waals surface area (Å²) >= 11 is 4.10. The van der Waals surface area contributed by atoms with Crippen LogP contribution in [0.3, 0.4) is 0 Å². The number of hydrogen-bond acceptors (Lipinski definition) is 4. The topological polar surface area (TPSA) is 62.2 Å². The van der Waals surface area contributed by atoms with Crippen LogP contribution in [0, 0.1) is 11.6 Å². The highest BCUT2D eigenvalue weighted by molar-refractivity contribution is 9.10. The number of aromatic nitrogens is 1. The van der Waals surface area contributed by atoms with Crippen molar-refractivity contribution in [1.29, 1.82) is 0 Å². The standard InChI is InChI=1S/C11H7BrF2N2O2S/c12-6-2-9(8(14)3-7(6)13)16-11-15-5(4-19-11)1-10(17)18/h2-4H,1H2,(H,15,16)(H,17,18). The summed E-state index contributed by atoms with van der Waals surface area (Å²) in [5.74, 6) is -2.45. The van der Waals surface area contributed by atoms with Crippen LogP contribution in [0.5, 0.6) is 0 Å². The lowest BCUT2D eigenvalue weighted by Crippen LogP contribution is -2.00. The van der Waals surface area contributed by atoms with E-state index in [2.05, 4.69) is 26.2 Å². The minimum atomic E-state index is -0.993. The minimum Gasteiger partial charge on any atom is -0.481 e. The zero-order valence-corrected chi connectivity index (χ0v) is 11.7. The molecule has 1 aromatic heterocycles. The Balaban J connectivity index is 2.19. The van der Waals surface area contributed by atoms with Gasteiger partial charge in [0.1, 0.15) is 11.6 Å². The van der Waals surface area contributed by atoms with Crippen LogP contribution in [0.4, 0.5) is 19.6 Å².